The third-order valence-corrected chi connectivity index (χ3v) is 10.3. The normalized spacial score (nSPS) is 15.7. The number of rotatable bonds is 14. The molecule has 2 aliphatic heterocycles. The van der Waals surface area contributed by atoms with Crippen LogP contribution in [0.3, 0.4) is 0 Å². The Bertz CT molecular complexity index is 2270. The quantitative estimate of drug-likeness (QED) is 0.0971. The number of amides is 2. The Labute approximate surface area is 349 Å². The fourth-order valence-electron chi connectivity index (χ4n) is 5.97. The lowest BCUT2D eigenvalue weighted by Gasteiger charge is -2.20. The van der Waals surface area contributed by atoms with E-state index in [0.29, 0.717) is 68.7 Å². The molecule has 300 valence electrons. The smallest absolute Gasteiger partial charge is 0.234 e. The summed E-state index contributed by atoms with van der Waals surface area (Å²) in [6.45, 7) is 4.75. The lowest BCUT2D eigenvalue weighted by molar-refractivity contribution is -0.114. The van der Waals surface area contributed by atoms with Gasteiger partial charge in [0.05, 0.1) is 48.0 Å². The second kappa shape index (κ2) is 19.9. The highest BCUT2D eigenvalue weighted by Gasteiger charge is 2.23. The summed E-state index contributed by atoms with van der Waals surface area (Å²) in [5.41, 5.74) is 16.4. The number of nitrogens with zero attached hydrogens (tertiary/aromatic N) is 6. The van der Waals surface area contributed by atoms with Crippen molar-refractivity contribution in [2.45, 2.75) is 32.6 Å². The van der Waals surface area contributed by atoms with Crippen LogP contribution in [0.1, 0.15) is 59.6 Å². The minimum Gasteiger partial charge on any atom is -0.493 e. The summed E-state index contributed by atoms with van der Waals surface area (Å²) in [6, 6.07) is 29.3. The maximum atomic E-state index is 13.0. The second-order valence-corrected chi connectivity index (χ2v) is 14.6. The number of carbonyl (C=O) groups is 2. The molecule has 8 N–H and O–H groups in total. The lowest BCUT2D eigenvalue weighted by Crippen LogP contribution is -2.39. The van der Waals surface area contributed by atoms with Crippen LogP contribution in [-0.2, 0) is 16.0 Å². The first-order chi connectivity index (χ1) is 28.7. The number of anilines is 2. The Morgan fingerprint density at radius 2 is 1.10 bits per heavy atom. The maximum Gasteiger partial charge on any atom is 0.234 e. The molecule has 0 radical (unpaired) electrons. The van der Waals surface area contributed by atoms with Gasteiger partial charge in [-0.1, -0.05) is 72.1 Å². The van der Waals surface area contributed by atoms with Crippen molar-refractivity contribution in [1.82, 2.24) is 10.6 Å². The molecule has 59 heavy (non-hydrogen) atoms. The number of hydrogen-bond donors (Lipinski definition) is 6. The highest BCUT2D eigenvalue weighted by atomic mass is 32.2. The van der Waals surface area contributed by atoms with Crippen molar-refractivity contribution in [1.29, 1.82) is 10.5 Å². The maximum absolute atomic E-state index is 13.0. The number of guanidine groups is 2. The van der Waals surface area contributed by atoms with E-state index in [0.717, 1.165) is 34.7 Å². The third-order valence-electron chi connectivity index (χ3n) is 8.55. The van der Waals surface area contributed by atoms with Crippen molar-refractivity contribution >= 4 is 69.0 Å². The topological polar surface area (TPSA) is 250 Å². The Morgan fingerprint density at radius 3 is 1.51 bits per heavy atom. The summed E-state index contributed by atoms with van der Waals surface area (Å²) in [4.78, 5) is 43.9. The first kappa shape index (κ1) is 41.6. The van der Waals surface area contributed by atoms with E-state index >= 15 is 0 Å². The number of hydrogen-bond acceptors (Lipinski definition) is 16. The number of ether oxygens (including phenoxy) is 2. The number of amidine groups is 2. The van der Waals surface area contributed by atoms with Gasteiger partial charge in [0, 0.05) is 28.9 Å². The van der Waals surface area contributed by atoms with Gasteiger partial charge >= 0.3 is 0 Å². The summed E-state index contributed by atoms with van der Waals surface area (Å²) in [6.07, 6.45) is -0.987. The van der Waals surface area contributed by atoms with Gasteiger partial charge in [-0.15, -0.1) is 0 Å². The van der Waals surface area contributed by atoms with Gasteiger partial charge in [-0.3, -0.25) is 9.59 Å². The van der Waals surface area contributed by atoms with Crippen LogP contribution in [0.2, 0.25) is 0 Å². The summed E-state index contributed by atoms with van der Waals surface area (Å²) < 4.78 is 11.4. The molecule has 2 amide bonds. The van der Waals surface area contributed by atoms with Gasteiger partial charge in [0.1, 0.15) is 11.5 Å². The first-order valence-electron chi connectivity index (χ1n) is 18.4. The number of nitrogens with two attached hydrogens (primary N) is 2. The number of aliphatic imine (C=N–C) groups is 4. The van der Waals surface area contributed by atoms with Crippen LogP contribution in [-0.4, -0.2) is 58.8 Å². The Kier molecular flexibility index (Phi) is 14.0. The van der Waals surface area contributed by atoms with Gasteiger partial charge in [0.25, 0.3) is 0 Å². The van der Waals surface area contributed by atoms with Crippen molar-refractivity contribution in [3.05, 3.63) is 118 Å². The Morgan fingerprint density at radius 1 is 0.678 bits per heavy atom. The van der Waals surface area contributed by atoms with Crippen molar-refractivity contribution in [2.24, 2.45) is 31.4 Å². The monoisotopic (exact) mass is 828 g/mol. The van der Waals surface area contributed by atoms with Crippen molar-refractivity contribution in [2.75, 3.05) is 35.4 Å². The minimum atomic E-state index is -0.627. The minimum absolute atomic E-state index is 0.00915. The largest absolute Gasteiger partial charge is 0.493 e. The van der Waals surface area contributed by atoms with E-state index in [1.807, 2.05) is 62.4 Å². The zero-order chi connectivity index (χ0) is 41.7. The van der Waals surface area contributed by atoms with E-state index in [2.05, 4.69) is 53.4 Å². The van der Waals surface area contributed by atoms with Crippen LogP contribution in [0.25, 0.3) is 0 Å². The molecule has 0 saturated carbocycles. The first-order valence-corrected chi connectivity index (χ1v) is 20.3. The molecule has 0 bridgehead atoms. The van der Waals surface area contributed by atoms with E-state index in [1.54, 1.807) is 36.4 Å². The van der Waals surface area contributed by atoms with Crippen molar-refractivity contribution < 1.29 is 19.1 Å². The van der Waals surface area contributed by atoms with E-state index in [-0.39, 0.29) is 41.7 Å². The summed E-state index contributed by atoms with van der Waals surface area (Å²) in [5.74, 6) is 1.02. The van der Waals surface area contributed by atoms with E-state index in [1.165, 1.54) is 0 Å². The number of benzene rings is 4. The molecule has 0 unspecified atom stereocenters. The second-order valence-electron chi connectivity index (χ2n) is 12.7. The number of thioether (sulfide) groups is 2. The molecule has 0 aliphatic carbocycles. The molecule has 0 fully saturated rings. The van der Waals surface area contributed by atoms with Gasteiger partial charge in [-0.25, -0.2) is 20.0 Å². The third kappa shape index (κ3) is 11.1. The summed E-state index contributed by atoms with van der Waals surface area (Å²) >= 11 is 2.32. The molecule has 18 heteroatoms. The molecule has 2 aliphatic rings. The molecule has 0 aromatic heterocycles. The fourth-order valence-corrected chi connectivity index (χ4v) is 7.35. The van der Waals surface area contributed by atoms with Gasteiger partial charge in [0.15, 0.2) is 34.6 Å². The molecule has 2 heterocycles. The average molecular weight is 829 g/mol. The van der Waals surface area contributed by atoms with Gasteiger partial charge in [-0.2, -0.15) is 10.5 Å². The highest BCUT2D eigenvalue weighted by Crippen LogP contribution is 2.32. The molecule has 0 saturated heterocycles. The predicted molar refractivity (Wildman–Crippen MR) is 232 cm³/mol. The Hall–Kier alpha value is -7.02. The van der Waals surface area contributed by atoms with Crippen LogP contribution in [0.15, 0.2) is 105 Å². The molecule has 16 nitrogen and oxygen atoms in total. The lowest BCUT2D eigenvalue weighted by atomic mass is 9.96. The van der Waals surface area contributed by atoms with Crippen LogP contribution in [0, 0.1) is 22.7 Å². The van der Waals surface area contributed by atoms with Crippen molar-refractivity contribution in [3.63, 3.8) is 0 Å². The number of para-hydroxylation sites is 2. The number of carbonyl (C=O) groups excluding carboxylic acids is 2. The van der Waals surface area contributed by atoms with Gasteiger partial charge in [0.2, 0.25) is 11.8 Å². The molecule has 6 rings (SSSR count). The molecular weight excluding hydrogens is 789 g/mol. The van der Waals surface area contributed by atoms with Gasteiger partial charge < -0.3 is 42.2 Å². The van der Waals surface area contributed by atoms with Gasteiger partial charge in [-0.05, 0) is 61.4 Å². The SMILES string of the molecule is CCOc1ccccc1[C@@H]1N=C(N)NC(SCC(=O)Nc2ccc(Cc3ccc(NC(=O)CSC4=N[C@H](c5ccccc5OCC)N=C(N)N4)cc3C#N)c(C#N)c2)=N1. The molecule has 4 aromatic carbocycles. The number of nitrogens with one attached hydrogen (secondary N) is 4. The molecular formula is C41H40N12O4S2. The number of nitriles is 2. The predicted octanol–water partition coefficient (Wildman–Crippen LogP) is 5.11. The average Bonchev–Trinajstić information content (AvgIpc) is 3.23. The van der Waals surface area contributed by atoms with Crippen LogP contribution in [0.5, 0.6) is 11.5 Å². The standard InChI is InChI=1S/C41H40N12O4S2/c1-3-56-32-11-7-5-9-30(32)36-48-38(44)52-40(50-36)58-22-34(54)46-28-15-13-24(26(18-28)20-42)17-25-14-16-29(19-27(25)21-43)47-35(55)23-59-41-51-37(49-39(45)53-41)31-10-6-8-12-33(31)57-4-2/h5-16,18-19,36-37H,3-4,17,22-23H2,1-2H3,(H,46,54)(H,47,55)(H3,44,48,50,52)(H3,45,49,51,53)/t36-,37-/m1/s1. The molecule has 4 aromatic rings. The van der Waals surface area contributed by atoms with E-state index in [4.69, 9.17) is 20.9 Å². The summed E-state index contributed by atoms with van der Waals surface area (Å²) in [7, 11) is 0. The zero-order valence-electron chi connectivity index (χ0n) is 32.1. The van der Waals surface area contributed by atoms with Crippen LogP contribution < -0.4 is 42.2 Å². The molecule has 0 spiro atoms. The molecule has 2 atom stereocenters. The van der Waals surface area contributed by atoms with Crippen LogP contribution in [0.4, 0.5) is 11.4 Å². The van der Waals surface area contributed by atoms with E-state index in [9.17, 15) is 20.1 Å². The van der Waals surface area contributed by atoms with E-state index < -0.39 is 12.3 Å². The summed E-state index contributed by atoms with van der Waals surface area (Å²) in [5, 5.41) is 32.3. The fraction of sp³-hybridized carbons (Fsp3) is 0.220. The van der Waals surface area contributed by atoms with Crippen LogP contribution >= 0.6 is 23.5 Å². The van der Waals surface area contributed by atoms with Crippen molar-refractivity contribution in [3.8, 4) is 23.6 Å². The highest BCUT2D eigenvalue weighted by molar-refractivity contribution is 8.14. The zero-order valence-corrected chi connectivity index (χ0v) is 33.7. The Balaban J connectivity index is 1.03.